The molecule has 152 valence electrons. The molecule has 0 aliphatic heterocycles. The molecule has 2 aromatic rings. The van der Waals surface area contributed by atoms with E-state index in [0.717, 1.165) is 6.33 Å². The van der Waals surface area contributed by atoms with Crippen molar-refractivity contribution >= 4 is 26.4 Å². The van der Waals surface area contributed by atoms with Crippen LogP contribution in [0.2, 0.25) is 0 Å². The van der Waals surface area contributed by atoms with E-state index in [9.17, 15) is 38.6 Å². The normalized spacial score (nSPS) is 13.2. The molecule has 1 unspecified atom stereocenters. The van der Waals surface area contributed by atoms with Crippen LogP contribution >= 0.6 is 15.2 Å². The number of H-pyrrole nitrogens is 1. The van der Waals surface area contributed by atoms with Gasteiger partial charge in [0.05, 0.1) is 44.9 Å². The molecule has 0 fully saturated rings. The number of aromatic amines is 1. The summed E-state index contributed by atoms with van der Waals surface area (Å²) in [5.41, 5.74) is -0.367. The van der Waals surface area contributed by atoms with Crippen LogP contribution in [0.25, 0.3) is 11.2 Å². The minimum atomic E-state index is -5.31. The fourth-order valence-corrected chi connectivity index (χ4v) is 2.61. The number of aromatic nitrogens is 4. The Labute approximate surface area is 264 Å². The van der Waals surface area contributed by atoms with Gasteiger partial charge in [0, 0.05) is 0 Å². The zero-order chi connectivity index (χ0) is 20.2. The van der Waals surface area contributed by atoms with Crippen LogP contribution < -0.4 is 143 Å². The van der Waals surface area contributed by atoms with Gasteiger partial charge in [-0.3, -0.25) is 4.79 Å². The number of aliphatic hydroxyl groups excluding tert-OH is 1. The van der Waals surface area contributed by atoms with Crippen LogP contribution in [0.5, 0.6) is 0 Å². The number of ether oxygens (including phenoxy) is 2. The summed E-state index contributed by atoms with van der Waals surface area (Å²) in [6, 6.07) is 0. The van der Waals surface area contributed by atoms with Gasteiger partial charge in [0.2, 0.25) is 0 Å². The van der Waals surface area contributed by atoms with Crippen LogP contribution in [0.3, 0.4) is 0 Å². The van der Waals surface area contributed by atoms with Crippen LogP contribution in [0.1, 0.15) is 0 Å². The largest absolute Gasteiger partial charge is 1.00 e. The third kappa shape index (κ3) is 13.4. The minimum Gasteiger partial charge on any atom is -0.809 e. The number of nitrogens with one attached hydrogen (secondary N) is 1. The maximum Gasteiger partial charge on any atom is 1.00 e. The van der Waals surface area contributed by atoms with E-state index in [-0.39, 0.29) is 136 Å². The molecule has 0 aromatic carbocycles. The van der Waals surface area contributed by atoms with Crippen molar-refractivity contribution in [3.63, 3.8) is 0 Å². The number of fused-ring (bicyclic) bond motifs is 1. The summed E-state index contributed by atoms with van der Waals surface area (Å²) < 4.78 is 32.5. The molecule has 0 spiro atoms. The average molecular weight is 516 g/mol. The van der Waals surface area contributed by atoms with Gasteiger partial charge < -0.3 is 52.8 Å². The number of hydrogen-bond acceptors (Lipinski definition) is 12. The molecule has 20 heteroatoms. The molecule has 0 aliphatic rings. The van der Waals surface area contributed by atoms with Crippen molar-refractivity contribution in [3.8, 4) is 0 Å². The molecular formula is C11H14N4Na4O10P2. The monoisotopic (exact) mass is 516 g/mol. The van der Waals surface area contributed by atoms with Crippen LogP contribution in [0.4, 0.5) is 0 Å². The predicted molar refractivity (Wildman–Crippen MR) is 79.9 cm³/mol. The van der Waals surface area contributed by atoms with E-state index in [0.29, 0.717) is 0 Å². The fraction of sp³-hybridized carbons (Fsp3) is 0.545. The quantitative estimate of drug-likeness (QED) is 0.222. The van der Waals surface area contributed by atoms with Gasteiger partial charge in [0.25, 0.3) is 5.56 Å². The van der Waals surface area contributed by atoms with Gasteiger partial charge in [-0.15, -0.1) is 0 Å². The van der Waals surface area contributed by atoms with E-state index in [1.165, 1.54) is 10.9 Å². The standard InChI is InChI=1S/C11H18N4O10P2.4Na/c16-8(27(21,22)23)3-25-7(2-24-6-26(18,19)20)1-15-5-14-9-10(15)12-4-13-11(9)17;;;;/h4-5,7-8,16H,1-3,6H2,(H,12,13,17)(H2,18,19,20)(H2,21,22,23);;;;/q;4*+1/p-4/t7-,8?;;;;/m0..../s1. The topological polar surface area (TPSA) is 229 Å². The van der Waals surface area contributed by atoms with Crippen molar-refractivity contribution in [1.82, 2.24) is 19.5 Å². The van der Waals surface area contributed by atoms with Crippen molar-refractivity contribution in [2.24, 2.45) is 0 Å². The molecule has 31 heavy (non-hydrogen) atoms. The third-order valence-electron chi connectivity index (χ3n) is 3.21. The van der Waals surface area contributed by atoms with Gasteiger partial charge in [0.1, 0.15) is 5.85 Å². The van der Waals surface area contributed by atoms with Gasteiger partial charge in [0.15, 0.2) is 11.2 Å². The van der Waals surface area contributed by atoms with Gasteiger partial charge in [-0.05, 0) is 15.2 Å². The van der Waals surface area contributed by atoms with Gasteiger partial charge >= 0.3 is 118 Å². The van der Waals surface area contributed by atoms with Crippen LogP contribution in [-0.4, -0.2) is 56.1 Å². The second-order valence-corrected chi connectivity index (χ2v) is 8.54. The summed E-state index contributed by atoms with van der Waals surface area (Å²) in [7, 11) is -10.3. The molecule has 0 radical (unpaired) electrons. The number of aliphatic hydroxyl groups is 1. The molecule has 0 amide bonds. The Morgan fingerprint density at radius 3 is 2.26 bits per heavy atom. The molecule has 0 saturated heterocycles. The number of imidazole rings is 1. The molecule has 2 heterocycles. The van der Waals surface area contributed by atoms with Gasteiger partial charge in [-0.1, -0.05) is 0 Å². The Hall–Kier alpha value is 2.53. The first-order chi connectivity index (χ1) is 12.5. The van der Waals surface area contributed by atoms with E-state index < -0.39 is 52.3 Å². The third-order valence-corrected chi connectivity index (χ3v) is 4.59. The molecule has 14 nitrogen and oxygen atoms in total. The first-order valence-electron chi connectivity index (χ1n) is 7.26. The molecule has 2 aromatic heterocycles. The van der Waals surface area contributed by atoms with E-state index in [4.69, 9.17) is 9.47 Å². The smallest absolute Gasteiger partial charge is 0.809 e. The van der Waals surface area contributed by atoms with Gasteiger partial charge in [-0.2, -0.15) is 0 Å². The summed E-state index contributed by atoms with van der Waals surface area (Å²) >= 11 is 0. The van der Waals surface area contributed by atoms with Crippen LogP contribution in [0.15, 0.2) is 17.4 Å². The molecule has 2 rings (SSSR count). The molecule has 2 atom stereocenters. The summed E-state index contributed by atoms with van der Waals surface area (Å²) in [5.74, 6) is -2.33. The number of nitrogens with zero attached hydrogens (tertiary/aromatic N) is 3. The summed E-state index contributed by atoms with van der Waals surface area (Å²) in [6.07, 6.45) is 0.100. The van der Waals surface area contributed by atoms with Crippen LogP contribution in [0, 0.1) is 0 Å². The zero-order valence-electron chi connectivity index (χ0n) is 17.5. The van der Waals surface area contributed by atoms with E-state index in [1.807, 2.05) is 0 Å². The maximum atomic E-state index is 11.6. The predicted octanol–water partition coefficient (Wildman–Crippen LogP) is -16.4. The van der Waals surface area contributed by atoms with Crippen molar-refractivity contribution in [1.29, 1.82) is 0 Å². The molecule has 0 bridgehead atoms. The molecule has 0 aliphatic carbocycles. The summed E-state index contributed by atoms with van der Waals surface area (Å²) in [4.78, 5) is 64.4. The van der Waals surface area contributed by atoms with Crippen molar-refractivity contribution in [3.05, 3.63) is 23.0 Å². The average Bonchev–Trinajstić information content (AvgIpc) is 2.94. The summed E-state index contributed by atoms with van der Waals surface area (Å²) in [5, 5.41) is 9.25. The Bertz CT molecular complexity index is 934. The summed E-state index contributed by atoms with van der Waals surface area (Å²) in [6.45, 7) is -1.57. The first-order valence-corrected chi connectivity index (χ1v) is 10.6. The minimum absolute atomic E-state index is 0. The Morgan fingerprint density at radius 2 is 1.71 bits per heavy atom. The van der Waals surface area contributed by atoms with Gasteiger partial charge in [-0.25, -0.2) is 9.97 Å². The second-order valence-electron chi connectivity index (χ2n) is 5.39. The first kappa shape index (κ1) is 38.1. The van der Waals surface area contributed by atoms with Crippen molar-refractivity contribution in [2.75, 3.05) is 19.6 Å². The molecular weight excluding hydrogens is 502 g/mol. The van der Waals surface area contributed by atoms with E-state index >= 15 is 0 Å². The van der Waals surface area contributed by atoms with E-state index in [2.05, 4.69) is 15.0 Å². The van der Waals surface area contributed by atoms with E-state index in [1.54, 1.807) is 0 Å². The zero-order valence-corrected chi connectivity index (χ0v) is 27.3. The fourth-order valence-electron chi connectivity index (χ4n) is 2.01. The maximum absolute atomic E-state index is 11.6. The number of rotatable bonds is 10. The second kappa shape index (κ2) is 17.1. The van der Waals surface area contributed by atoms with Crippen molar-refractivity contribution in [2.45, 2.75) is 18.5 Å². The van der Waals surface area contributed by atoms with Crippen molar-refractivity contribution < 1.29 is 162 Å². The Kier molecular flexibility index (Phi) is 21.0. The Balaban J connectivity index is -0.00000196. The Morgan fingerprint density at radius 1 is 1.10 bits per heavy atom. The molecule has 2 N–H and O–H groups in total. The SMILES string of the molecule is O=c1[nH]cnc2c1ncn2C[C@@H](COCP(=O)([O-])[O-])OCC(O)P(=O)([O-])[O-].[Na+].[Na+].[Na+].[Na+]. The number of hydrogen-bond donors (Lipinski definition) is 2. The van der Waals surface area contributed by atoms with Crippen LogP contribution in [-0.2, 0) is 25.1 Å². The molecule has 0 saturated carbocycles.